The molecule has 28 heavy (non-hydrogen) atoms. The quantitative estimate of drug-likeness (QED) is 0.776. The summed E-state index contributed by atoms with van der Waals surface area (Å²) >= 11 is 0. The van der Waals surface area contributed by atoms with Crippen molar-refractivity contribution in [1.82, 2.24) is 10.6 Å². The maximum absolute atomic E-state index is 13.1. The molecule has 3 rings (SSSR count). The molecule has 0 aliphatic carbocycles. The number of methoxy groups -OCH3 is 1. The number of carbonyl (C=O) groups is 2. The molecule has 0 fully saturated rings. The van der Waals surface area contributed by atoms with Crippen molar-refractivity contribution < 1.29 is 23.5 Å². The molecule has 0 radical (unpaired) electrons. The number of aryl methyl sites for hydroxylation is 2. The van der Waals surface area contributed by atoms with E-state index in [4.69, 9.17) is 9.47 Å². The number of ether oxygens (including phenoxy) is 2. The molecule has 0 bridgehead atoms. The van der Waals surface area contributed by atoms with Gasteiger partial charge in [-0.1, -0.05) is 23.8 Å². The maximum Gasteiger partial charge on any atom is 0.338 e. The Morgan fingerprint density at radius 1 is 1.14 bits per heavy atom. The van der Waals surface area contributed by atoms with E-state index in [-0.39, 0.29) is 18.0 Å². The highest BCUT2D eigenvalue weighted by Gasteiger charge is 2.34. The molecular weight excluding hydrogens is 363 g/mol. The predicted molar refractivity (Wildman–Crippen MR) is 101 cm³/mol. The van der Waals surface area contributed by atoms with Gasteiger partial charge in [-0.2, -0.15) is 0 Å². The molecule has 2 aromatic carbocycles. The van der Waals surface area contributed by atoms with E-state index >= 15 is 0 Å². The lowest BCUT2D eigenvalue weighted by Gasteiger charge is -2.30. The summed E-state index contributed by atoms with van der Waals surface area (Å²) in [5.41, 5.74) is 3.36. The molecular formula is C21H21FN2O4. The molecule has 0 saturated heterocycles. The van der Waals surface area contributed by atoms with E-state index in [0.717, 1.165) is 16.7 Å². The van der Waals surface area contributed by atoms with Crippen LogP contribution >= 0.6 is 0 Å². The van der Waals surface area contributed by atoms with Gasteiger partial charge < -0.3 is 20.1 Å². The molecule has 0 unspecified atom stereocenters. The summed E-state index contributed by atoms with van der Waals surface area (Å²) < 4.78 is 23.6. The van der Waals surface area contributed by atoms with E-state index in [9.17, 15) is 14.0 Å². The van der Waals surface area contributed by atoms with Gasteiger partial charge in [0, 0.05) is 0 Å². The van der Waals surface area contributed by atoms with E-state index in [1.165, 1.54) is 31.4 Å². The summed E-state index contributed by atoms with van der Waals surface area (Å²) in [7, 11) is 1.28. The molecule has 2 N–H and O–H groups in total. The Morgan fingerprint density at radius 2 is 1.86 bits per heavy atom. The average molecular weight is 384 g/mol. The van der Waals surface area contributed by atoms with Gasteiger partial charge in [0.05, 0.1) is 24.4 Å². The highest BCUT2D eigenvalue weighted by Crippen LogP contribution is 2.30. The molecule has 146 valence electrons. The topological polar surface area (TPSA) is 76.7 Å². The number of hydrogen-bond donors (Lipinski definition) is 2. The first-order chi connectivity index (χ1) is 13.4. The number of esters is 1. The van der Waals surface area contributed by atoms with E-state index in [1.807, 2.05) is 32.0 Å². The number of amides is 2. The SMILES string of the molecule is COC(=O)C1=C(COc2ccc(F)cc2)NC(=O)N[C@H]1c1ccc(C)cc1C. The fraction of sp³-hybridized carbons (Fsp3) is 0.238. The molecule has 7 heteroatoms. The second-order valence-corrected chi connectivity index (χ2v) is 6.52. The van der Waals surface area contributed by atoms with Crippen LogP contribution in [0.1, 0.15) is 22.7 Å². The number of halogens is 1. The predicted octanol–water partition coefficient (Wildman–Crippen LogP) is 3.30. The lowest BCUT2D eigenvalue weighted by Crippen LogP contribution is -2.47. The van der Waals surface area contributed by atoms with Crippen LogP contribution in [-0.4, -0.2) is 25.7 Å². The number of rotatable bonds is 5. The van der Waals surface area contributed by atoms with Crippen molar-refractivity contribution >= 4 is 12.0 Å². The van der Waals surface area contributed by atoms with Crippen LogP contribution in [0.15, 0.2) is 53.7 Å². The van der Waals surface area contributed by atoms with Gasteiger partial charge in [0.25, 0.3) is 0 Å². The number of benzene rings is 2. The van der Waals surface area contributed by atoms with Crippen molar-refractivity contribution in [3.8, 4) is 5.75 Å². The van der Waals surface area contributed by atoms with Crippen LogP contribution in [0.25, 0.3) is 0 Å². The van der Waals surface area contributed by atoms with E-state index < -0.39 is 18.0 Å². The van der Waals surface area contributed by atoms with Crippen LogP contribution in [0.5, 0.6) is 5.75 Å². The largest absolute Gasteiger partial charge is 0.487 e. The zero-order chi connectivity index (χ0) is 20.3. The van der Waals surface area contributed by atoms with Crippen molar-refractivity contribution in [2.45, 2.75) is 19.9 Å². The lowest BCUT2D eigenvalue weighted by atomic mass is 9.91. The third kappa shape index (κ3) is 4.14. The molecule has 0 saturated carbocycles. The summed E-state index contributed by atoms with van der Waals surface area (Å²) in [6.45, 7) is 3.81. The average Bonchev–Trinajstić information content (AvgIpc) is 2.66. The van der Waals surface area contributed by atoms with Gasteiger partial charge in [0.1, 0.15) is 18.2 Å². The van der Waals surface area contributed by atoms with Gasteiger partial charge in [-0.3, -0.25) is 0 Å². The van der Waals surface area contributed by atoms with E-state index in [1.54, 1.807) is 0 Å². The first-order valence-corrected chi connectivity index (χ1v) is 8.73. The molecule has 2 amide bonds. The number of hydrogen-bond acceptors (Lipinski definition) is 4. The minimum absolute atomic E-state index is 0.0785. The Morgan fingerprint density at radius 3 is 2.50 bits per heavy atom. The van der Waals surface area contributed by atoms with Crippen LogP contribution in [0.3, 0.4) is 0 Å². The molecule has 1 atom stereocenters. The molecule has 0 aromatic heterocycles. The molecule has 1 heterocycles. The standard InChI is InChI=1S/C21H21FN2O4/c1-12-4-9-16(13(2)10-12)19-18(20(25)27-3)17(23-21(26)24-19)11-28-15-7-5-14(22)6-8-15/h4-10,19H,11H2,1-3H3,(H2,23,24,26)/t19-/m0/s1. The molecule has 1 aliphatic heterocycles. The molecule has 2 aromatic rings. The Bertz CT molecular complexity index is 938. The summed E-state index contributed by atoms with van der Waals surface area (Å²) in [5, 5.41) is 5.40. The van der Waals surface area contributed by atoms with Crippen LogP contribution in [0, 0.1) is 19.7 Å². The summed E-state index contributed by atoms with van der Waals surface area (Å²) in [6.07, 6.45) is 0. The first-order valence-electron chi connectivity index (χ1n) is 8.73. The second kappa shape index (κ2) is 8.12. The third-order valence-electron chi connectivity index (χ3n) is 4.49. The van der Waals surface area contributed by atoms with Crippen molar-refractivity contribution in [3.05, 3.63) is 76.2 Å². The summed E-state index contributed by atoms with van der Waals surface area (Å²) in [5.74, 6) is -0.545. The Hall–Kier alpha value is -3.35. The smallest absolute Gasteiger partial charge is 0.338 e. The van der Waals surface area contributed by atoms with Crippen LogP contribution in [-0.2, 0) is 9.53 Å². The van der Waals surface area contributed by atoms with Crippen molar-refractivity contribution in [1.29, 1.82) is 0 Å². The van der Waals surface area contributed by atoms with Gasteiger partial charge in [0.2, 0.25) is 0 Å². The van der Waals surface area contributed by atoms with Gasteiger partial charge in [-0.15, -0.1) is 0 Å². The van der Waals surface area contributed by atoms with Crippen molar-refractivity contribution in [2.75, 3.05) is 13.7 Å². The number of nitrogens with one attached hydrogen (secondary N) is 2. The lowest BCUT2D eigenvalue weighted by molar-refractivity contribution is -0.136. The van der Waals surface area contributed by atoms with Crippen LogP contribution in [0.4, 0.5) is 9.18 Å². The monoisotopic (exact) mass is 384 g/mol. The minimum atomic E-state index is -0.673. The van der Waals surface area contributed by atoms with Crippen LogP contribution in [0.2, 0.25) is 0 Å². The number of carbonyl (C=O) groups excluding carboxylic acids is 2. The fourth-order valence-electron chi connectivity index (χ4n) is 3.15. The third-order valence-corrected chi connectivity index (χ3v) is 4.49. The Kier molecular flexibility index (Phi) is 5.63. The highest BCUT2D eigenvalue weighted by molar-refractivity contribution is 5.95. The van der Waals surface area contributed by atoms with E-state index in [0.29, 0.717) is 11.4 Å². The van der Waals surface area contributed by atoms with Crippen molar-refractivity contribution in [2.24, 2.45) is 0 Å². The zero-order valence-corrected chi connectivity index (χ0v) is 15.8. The fourth-order valence-corrected chi connectivity index (χ4v) is 3.15. The van der Waals surface area contributed by atoms with Gasteiger partial charge in [0.15, 0.2) is 0 Å². The first kappa shape index (κ1) is 19.4. The zero-order valence-electron chi connectivity index (χ0n) is 15.8. The molecule has 1 aliphatic rings. The summed E-state index contributed by atoms with van der Waals surface area (Å²) in [4.78, 5) is 24.8. The Labute approximate surface area is 162 Å². The van der Waals surface area contributed by atoms with Crippen LogP contribution < -0.4 is 15.4 Å². The Balaban J connectivity index is 1.98. The van der Waals surface area contributed by atoms with Crippen molar-refractivity contribution in [3.63, 3.8) is 0 Å². The second-order valence-electron chi connectivity index (χ2n) is 6.52. The molecule has 6 nitrogen and oxygen atoms in total. The maximum atomic E-state index is 13.1. The minimum Gasteiger partial charge on any atom is -0.487 e. The number of urea groups is 1. The van der Waals surface area contributed by atoms with E-state index in [2.05, 4.69) is 10.6 Å². The van der Waals surface area contributed by atoms with Gasteiger partial charge >= 0.3 is 12.0 Å². The van der Waals surface area contributed by atoms with Gasteiger partial charge in [-0.25, -0.2) is 14.0 Å². The summed E-state index contributed by atoms with van der Waals surface area (Å²) in [6, 6.07) is 10.1. The normalized spacial score (nSPS) is 16.3. The van der Waals surface area contributed by atoms with Gasteiger partial charge in [-0.05, 0) is 49.2 Å². The molecule has 0 spiro atoms. The highest BCUT2D eigenvalue weighted by atomic mass is 19.1.